The fourth-order valence-electron chi connectivity index (χ4n) is 3.61. The van der Waals surface area contributed by atoms with Gasteiger partial charge >= 0.3 is 0 Å². The van der Waals surface area contributed by atoms with E-state index in [1.165, 1.54) is 0 Å². The molecule has 2 N–H and O–H groups in total. The standard InChI is InChI=1S/C17H14N2O3/c20-16-17(10-3-1-2-4-12(10)19-16)9-22-14-8-15-13(7-11(14)17)18-5-6-21-15/h1-4,7-8,18H,5-6,9H2,(H,19,20). The lowest BCUT2D eigenvalue weighted by atomic mass is 9.77. The largest absolute Gasteiger partial charge is 0.491 e. The summed E-state index contributed by atoms with van der Waals surface area (Å²) in [5.41, 5.74) is 2.93. The van der Waals surface area contributed by atoms with Gasteiger partial charge in [0.2, 0.25) is 5.91 Å². The fraction of sp³-hybridized carbons (Fsp3) is 0.235. The molecule has 5 rings (SSSR count). The van der Waals surface area contributed by atoms with E-state index in [2.05, 4.69) is 10.6 Å². The number of ether oxygens (including phenoxy) is 2. The van der Waals surface area contributed by atoms with Crippen molar-refractivity contribution in [2.75, 3.05) is 30.4 Å². The summed E-state index contributed by atoms with van der Waals surface area (Å²) >= 11 is 0. The Bertz CT molecular complexity index is 818. The first kappa shape index (κ1) is 11.9. The number of fused-ring (bicyclic) bond motifs is 5. The Balaban J connectivity index is 1.76. The number of carbonyl (C=O) groups is 1. The van der Waals surface area contributed by atoms with Crippen molar-refractivity contribution >= 4 is 17.3 Å². The maximum atomic E-state index is 12.7. The van der Waals surface area contributed by atoms with Crippen molar-refractivity contribution in [3.63, 3.8) is 0 Å². The second kappa shape index (κ2) is 3.94. The van der Waals surface area contributed by atoms with Gasteiger partial charge in [-0.05, 0) is 17.7 Å². The van der Waals surface area contributed by atoms with Crippen molar-refractivity contribution < 1.29 is 14.3 Å². The summed E-state index contributed by atoms with van der Waals surface area (Å²) in [6.07, 6.45) is 0. The van der Waals surface area contributed by atoms with Crippen LogP contribution in [-0.4, -0.2) is 25.7 Å². The van der Waals surface area contributed by atoms with Crippen LogP contribution in [0.15, 0.2) is 36.4 Å². The molecule has 2 aromatic rings. The normalized spacial score (nSPS) is 23.7. The topological polar surface area (TPSA) is 59.6 Å². The molecule has 2 aromatic carbocycles. The number of para-hydroxylation sites is 1. The van der Waals surface area contributed by atoms with Crippen molar-refractivity contribution in [1.82, 2.24) is 0 Å². The van der Waals surface area contributed by atoms with Crippen LogP contribution in [-0.2, 0) is 10.2 Å². The summed E-state index contributed by atoms with van der Waals surface area (Å²) in [6.45, 7) is 1.73. The summed E-state index contributed by atoms with van der Waals surface area (Å²) in [5, 5.41) is 6.31. The number of carbonyl (C=O) groups excluding carboxylic acids is 1. The molecular formula is C17H14N2O3. The minimum atomic E-state index is -0.750. The maximum absolute atomic E-state index is 12.7. The lowest BCUT2D eigenvalue weighted by Crippen LogP contribution is -2.37. The van der Waals surface area contributed by atoms with Crippen LogP contribution in [0.25, 0.3) is 0 Å². The van der Waals surface area contributed by atoms with E-state index in [4.69, 9.17) is 9.47 Å². The number of hydrogen-bond acceptors (Lipinski definition) is 4. The first-order valence-corrected chi connectivity index (χ1v) is 7.38. The number of anilines is 2. The van der Waals surface area contributed by atoms with E-state index >= 15 is 0 Å². The molecule has 22 heavy (non-hydrogen) atoms. The van der Waals surface area contributed by atoms with Gasteiger partial charge in [-0.3, -0.25) is 4.79 Å². The van der Waals surface area contributed by atoms with Crippen LogP contribution in [0.1, 0.15) is 11.1 Å². The van der Waals surface area contributed by atoms with Crippen molar-refractivity contribution in [1.29, 1.82) is 0 Å². The van der Waals surface area contributed by atoms with Crippen LogP contribution in [0.4, 0.5) is 11.4 Å². The predicted molar refractivity (Wildman–Crippen MR) is 81.8 cm³/mol. The Morgan fingerprint density at radius 3 is 2.86 bits per heavy atom. The zero-order valence-corrected chi connectivity index (χ0v) is 11.8. The zero-order valence-electron chi connectivity index (χ0n) is 11.8. The molecule has 0 bridgehead atoms. The molecule has 1 spiro atoms. The first-order valence-electron chi connectivity index (χ1n) is 7.38. The molecule has 5 heteroatoms. The van der Waals surface area contributed by atoms with Gasteiger partial charge < -0.3 is 20.1 Å². The average Bonchev–Trinajstić information content (AvgIpc) is 3.06. The van der Waals surface area contributed by atoms with Gasteiger partial charge in [0.25, 0.3) is 0 Å². The third-order valence-corrected chi connectivity index (χ3v) is 4.68. The molecule has 1 amide bonds. The number of amides is 1. The van der Waals surface area contributed by atoms with Crippen LogP contribution in [0.3, 0.4) is 0 Å². The summed E-state index contributed by atoms with van der Waals surface area (Å²) < 4.78 is 11.5. The number of benzene rings is 2. The van der Waals surface area contributed by atoms with Gasteiger partial charge in [-0.1, -0.05) is 18.2 Å². The van der Waals surface area contributed by atoms with Crippen LogP contribution >= 0.6 is 0 Å². The number of rotatable bonds is 0. The highest BCUT2D eigenvalue weighted by molar-refractivity contribution is 6.10. The molecule has 0 aromatic heterocycles. The van der Waals surface area contributed by atoms with Crippen molar-refractivity contribution in [2.45, 2.75) is 5.41 Å². The Morgan fingerprint density at radius 2 is 1.91 bits per heavy atom. The van der Waals surface area contributed by atoms with Gasteiger partial charge in [-0.25, -0.2) is 0 Å². The molecule has 110 valence electrons. The summed E-state index contributed by atoms with van der Waals surface area (Å²) in [5.74, 6) is 1.49. The molecular weight excluding hydrogens is 280 g/mol. The quantitative estimate of drug-likeness (QED) is 0.781. The van der Waals surface area contributed by atoms with Crippen LogP contribution in [0.5, 0.6) is 11.5 Å². The van der Waals surface area contributed by atoms with Gasteiger partial charge in [0.1, 0.15) is 30.1 Å². The summed E-state index contributed by atoms with van der Waals surface area (Å²) in [7, 11) is 0. The third-order valence-electron chi connectivity index (χ3n) is 4.68. The Hall–Kier alpha value is -2.69. The van der Waals surface area contributed by atoms with E-state index in [9.17, 15) is 4.79 Å². The summed E-state index contributed by atoms with van der Waals surface area (Å²) in [6, 6.07) is 11.7. The van der Waals surface area contributed by atoms with Gasteiger partial charge in [0, 0.05) is 23.9 Å². The molecule has 1 atom stereocenters. The van der Waals surface area contributed by atoms with Crippen molar-refractivity contribution in [2.24, 2.45) is 0 Å². The molecule has 5 nitrogen and oxygen atoms in total. The highest BCUT2D eigenvalue weighted by Crippen LogP contribution is 2.52. The third kappa shape index (κ3) is 1.31. The minimum Gasteiger partial charge on any atom is -0.491 e. The average molecular weight is 294 g/mol. The second-order valence-corrected chi connectivity index (χ2v) is 5.81. The molecule has 3 aliphatic rings. The molecule has 3 heterocycles. The lowest BCUT2D eigenvalue weighted by molar-refractivity contribution is -0.119. The van der Waals surface area contributed by atoms with Gasteiger partial charge in [0.15, 0.2) is 0 Å². The summed E-state index contributed by atoms with van der Waals surface area (Å²) in [4.78, 5) is 12.7. The molecule has 0 fully saturated rings. The first-order chi connectivity index (χ1) is 10.8. The highest BCUT2D eigenvalue weighted by Gasteiger charge is 2.54. The van der Waals surface area contributed by atoms with Crippen LogP contribution < -0.4 is 20.1 Å². The molecule has 0 radical (unpaired) electrons. The molecule has 3 aliphatic heterocycles. The van der Waals surface area contributed by atoms with E-state index in [-0.39, 0.29) is 5.91 Å². The molecule has 0 saturated heterocycles. The zero-order chi connectivity index (χ0) is 14.7. The predicted octanol–water partition coefficient (Wildman–Crippen LogP) is 2.12. The van der Waals surface area contributed by atoms with E-state index < -0.39 is 5.41 Å². The van der Waals surface area contributed by atoms with E-state index in [1.54, 1.807) is 0 Å². The van der Waals surface area contributed by atoms with Crippen LogP contribution in [0, 0.1) is 0 Å². The van der Waals surface area contributed by atoms with Gasteiger partial charge in [-0.15, -0.1) is 0 Å². The lowest BCUT2D eigenvalue weighted by Gasteiger charge is -2.23. The highest BCUT2D eigenvalue weighted by atomic mass is 16.5. The van der Waals surface area contributed by atoms with Crippen molar-refractivity contribution in [3.8, 4) is 11.5 Å². The molecule has 0 saturated carbocycles. The van der Waals surface area contributed by atoms with E-state index in [1.807, 2.05) is 36.4 Å². The van der Waals surface area contributed by atoms with Crippen LogP contribution in [0.2, 0.25) is 0 Å². The number of hydrogen-bond donors (Lipinski definition) is 2. The van der Waals surface area contributed by atoms with E-state index in [0.29, 0.717) is 13.2 Å². The van der Waals surface area contributed by atoms with Gasteiger partial charge in [-0.2, -0.15) is 0 Å². The maximum Gasteiger partial charge on any atom is 0.243 e. The second-order valence-electron chi connectivity index (χ2n) is 5.81. The van der Waals surface area contributed by atoms with Crippen molar-refractivity contribution in [3.05, 3.63) is 47.5 Å². The monoisotopic (exact) mass is 294 g/mol. The van der Waals surface area contributed by atoms with Gasteiger partial charge in [0.05, 0.1) is 5.69 Å². The smallest absolute Gasteiger partial charge is 0.243 e. The Morgan fingerprint density at radius 1 is 1.00 bits per heavy atom. The minimum absolute atomic E-state index is 0.0240. The number of nitrogens with one attached hydrogen (secondary N) is 2. The Labute approximate surface area is 127 Å². The Kier molecular flexibility index (Phi) is 2.13. The molecule has 0 aliphatic carbocycles. The molecule has 1 unspecified atom stereocenters. The fourth-order valence-corrected chi connectivity index (χ4v) is 3.61. The SMILES string of the molecule is O=C1Nc2ccccc2C12COc1cc3c(cc12)NCCO3. The van der Waals surface area contributed by atoms with E-state index in [0.717, 1.165) is 40.5 Å².